The van der Waals surface area contributed by atoms with Crippen LogP contribution in [0.4, 0.5) is 0 Å². The van der Waals surface area contributed by atoms with Gasteiger partial charge in [0.05, 0.1) is 17.7 Å². The first-order valence-corrected chi connectivity index (χ1v) is 7.35. The van der Waals surface area contributed by atoms with Crippen LogP contribution in [0.15, 0.2) is 42.5 Å². The third-order valence-corrected chi connectivity index (χ3v) is 3.42. The molecule has 0 aliphatic carbocycles. The highest BCUT2D eigenvalue weighted by molar-refractivity contribution is 6.32. The van der Waals surface area contributed by atoms with E-state index in [1.165, 1.54) is 0 Å². The molecule has 3 nitrogen and oxygen atoms in total. The maximum atomic E-state index is 6.14. The maximum absolute atomic E-state index is 6.14. The standard InChI is InChI=1S/C17H20ClNO2/c1-3-20-14-7-5-13(6-8-14)16(19)11-21-17-9-4-12(2)10-15(17)18/h4-10,16H,3,11,19H2,1-2H3. The van der Waals surface area contributed by atoms with Gasteiger partial charge in [0.15, 0.2) is 0 Å². The fraction of sp³-hybridized carbons (Fsp3) is 0.294. The molecule has 0 aliphatic rings. The van der Waals surface area contributed by atoms with E-state index in [-0.39, 0.29) is 6.04 Å². The van der Waals surface area contributed by atoms with E-state index < -0.39 is 0 Å². The van der Waals surface area contributed by atoms with Crippen LogP contribution in [0, 0.1) is 6.92 Å². The van der Waals surface area contributed by atoms with Crippen molar-refractivity contribution in [1.82, 2.24) is 0 Å². The molecule has 1 atom stereocenters. The zero-order valence-corrected chi connectivity index (χ0v) is 13.1. The van der Waals surface area contributed by atoms with Crippen molar-refractivity contribution in [3.05, 3.63) is 58.6 Å². The van der Waals surface area contributed by atoms with Gasteiger partial charge in [-0.15, -0.1) is 0 Å². The summed E-state index contributed by atoms with van der Waals surface area (Å²) in [4.78, 5) is 0. The minimum absolute atomic E-state index is 0.210. The molecule has 0 aromatic heterocycles. The van der Waals surface area contributed by atoms with E-state index in [1.807, 2.05) is 56.3 Å². The van der Waals surface area contributed by atoms with Gasteiger partial charge in [0, 0.05) is 0 Å². The first kappa shape index (κ1) is 15.7. The Morgan fingerprint density at radius 3 is 2.43 bits per heavy atom. The summed E-state index contributed by atoms with van der Waals surface area (Å²) in [6.45, 7) is 4.97. The van der Waals surface area contributed by atoms with E-state index in [0.717, 1.165) is 16.9 Å². The molecule has 0 saturated carbocycles. The summed E-state index contributed by atoms with van der Waals surface area (Å²) in [5.74, 6) is 1.50. The Bertz CT molecular complexity index is 584. The summed E-state index contributed by atoms with van der Waals surface area (Å²) in [6, 6.07) is 13.2. The summed E-state index contributed by atoms with van der Waals surface area (Å²) >= 11 is 6.13. The van der Waals surface area contributed by atoms with Gasteiger partial charge in [0.2, 0.25) is 0 Å². The van der Waals surface area contributed by atoms with Crippen LogP contribution in [0.2, 0.25) is 5.02 Å². The van der Waals surface area contributed by atoms with Crippen molar-refractivity contribution < 1.29 is 9.47 Å². The average Bonchev–Trinajstić information content (AvgIpc) is 2.47. The number of rotatable bonds is 6. The van der Waals surface area contributed by atoms with Crippen molar-refractivity contribution in [2.75, 3.05) is 13.2 Å². The summed E-state index contributed by atoms with van der Waals surface area (Å²) in [6.07, 6.45) is 0. The van der Waals surface area contributed by atoms with Gasteiger partial charge in [-0.25, -0.2) is 0 Å². The lowest BCUT2D eigenvalue weighted by Crippen LogP contribution is -2.19. The minimum Gasteiger partial charge on any atom is -0.494 e. The third kappa shape index (κ3) is 4.38. The number of aryl methyl sites for hydroxylation is 1. The average molecular weight is 306 g/mol. The second kappa shape index (κ2) is 7.34. The zero-order chi connectivity index (χ0) is 15.2. The van der Waals surface area contributed by atoms with Crippen molar-refractivity contribution in [1.29, 1.82) is 0 Å². The molecule has 0 bridgehead atoms. The van der Waals surface area contributed by atoms with Crippen LogP contribution in [0.5, 0.6) is 11.5 Å². The van der Waals surface area contributed by atoms with Crippen LogP contribution in [-0.2, 0) is 0 Å². The highest BCUT2D eigenvalue weighted by atomic mass is 35.5. The molecule has 0 spiro atoms. The lowest BCUT2D eigenvalue weighted by molar-refractivity contribution is 0.290. The molecule has 4 heteroatoms. The fourth-order valence-electron chi connectivity index (χ4n) is 1.98. The normalized spacial score (nSPS) is 12.0. The highest BCUT2D eigenvalue weighted by Gasteiger charge is 2.09. The van der Waals surface area contributed by atoms with E-state index in [4.69, 9.17) is 26.8 Å². The Morgan fingerprint density at radius 1 is 1.10 bits per heavy atom. The van der Waals surface area contributed by atoms with E-state index in [0.29, 0.717) is 24.0 Å². The molecular weight excluding hydrogens is 286 g/mol. The molecule has 2 aromatic rings. The summed E-state index contributed by atoms with van der Waals surface area (Å²) in [5, 5.41) is 0.605. The number of halogens is 1. The van der Waals surface area contributed by atoms with Gasteiger partial charge in [-0.2, -0.15) is 0 Å². The molecule has 0 amide bonds. The number of ether oxygens (including phenoxy) is 2. The lowest BCUT2D eigenvalue weighted by Gasteiger charge is -2.15. The van der Waals surface area contributed by atoms with Crippen LogP contribution in [0.25, 0.3) is 0 Å². The monoisotopic (exact) mass is 305 g/mol. The van der Waals surface area contributed by atoms with Crippen molar-refractivity contribution in [2.45, 2.75) is 19.9 Å². The summed E-state index contributed by atoms with van der Waals surface area (Å²) < 4.78 is 11.1. The summed E-state index contributed by atoms with van der Waals surface area (Å²) in [7, 11) is 0. The van der Waals surface area contributed by atoms with E-state index >= 15 is 0 Å². The van der Waals surface area contributed by atoms with Crippen molar-refractivity contribution >= 4 is 11.6 Å². The van der Waals surface area contributed by atoms with Crippen LogP contribution in [0.3, 0.4) is 0 Å². The SMILES string of the molecule is CCOc1ccc(C(N)COc2ccc(C)cc2Cl)cc1. The van der Waals surface area contributed by atoms with Gasteiger partial charge < -0.3 is 15.2 Å². The number of hydrogen-bond acceptors (Lipinski definition) is 3. The number of hydrogen-bond donors (Lipinski definition) is 1. The van der Waals surface area contributed by atoms with Gasteiger partial charge in [-0.05, 0) is 49.2 Å². The maximum Gasteiger partial charge on any atom is 0.138 e. The van der Waals surface area contributed by atoms with Crippen LogP contribution >= 0.6 is 11.6 Å². The van der Waals surface area contributed by atoms with Gasteiger partial charge >= 0.3 is 0 Å². The van der Waals surface area contributed by atoms with E-state index in [9.17, 15) is 0 Å². The van der Waals surface area contributed by atoms with Crippen LogP contribution in [-0.4, -0.2) is 13.2 Å². The predicted octanol–water partition coefficient (Wildman–Crippen LogP) is 4.13. The Labute approximate surface area is 130 Å². The molecule has 0 aliphatic heterocycles. The molecule has 21 heavy (non-hydrogen) atoms. The Hall–Kier alpha value is -1.71. The van der Waals surface area contributed by atoms with Gasteiger partial charge in [-0.1, -0.05) is 29.8 Å². The molecular formula is C17H20ClNO2. The molecule has 0 fully saturated rings. The zero-order valence-electron chi connectivity index (χ0n) is 12.3. The number of nitrogens with two attached hydrogens (primary N) is 1. The highest BCUT2D eigenvalue weighted by Crippen LogP contribution is 2.26. The second-order valence-corrected chi connectivity index (χ2v) is 5.26. The fourth-order valence-corrected chi connectivity index (χ4v) is 2.27. The Morgan fingerprint density at radius 2 is 1.81 bits per heavy atom. The molecule has 1 unspecified atom stereocenters. The van der Waals surface area contributed by atoms with Crippen molar-refractivity contribution in [3.8, 4) is 11.5 Å². The molecule has 2 aromatic carbocycles. The van der Waals surface area contributed by atoms with E-state index in [1.54, 1.807) is 0 Å². The van der Waals surface area contributed by atoms with Crippen molar-refractivity contribution in [2.24, 2.45) is 5.73 Å². The Balaban J connectivity index is 1.96. The topological polar surface area (TPSA) is 44.5 Å². The van der Waals surface area contributed by atoms with Crippen LogP contribution in [0.1, 0.15) is 24.1 Å². The minimum atomic E-state index is -0.210. The largest absolute Gasteiger partial charge is 0.494 e. The smallest absolute Gasteiger partial charge is 0.138 e. The second-order valence-electron chi connectivity index (χ2n) is 4.85. The quantitative estimate of drug-likeness (QED) is 0.873. The van der Waals surface area contributed by atoms with Gasteiger partial charge in [-0.3, -0.25) is 0 Å². The summed E-state index contributed by atoms with van der Waals surface area (Å²) in [5.41, 5.74) is 8.24. The number of benzene rings is 2. The van der Waals surface area contributed by atoms with E-state index in [2.05, 4.69) is 0 Å². The van der Waals surface area contributed by atoms with Gasteiger partial charge in [0.25, 0.3) is 0 Å². The molecule has 0 saturated heterocycles. The molecule has 2 N–H and O–H groups in total. The third-order valence-electron chi connectivity index (χ3n) is 3.13. The lowest BCUT2D eigenvalue weighted by atomic mass is 10.1. The molecule has 112 valence electrons. The first-order chi connectivity index (χ1) is 10.1. The van der Waals surface area contributed by atoms with Crippen molar-refractivity contribution in [3.63, 3.8) is 0 Å². The van der Waals surface area contributed by atoms with Gasteiger partial charge in [0.1, 0.15) is 18.1 Å². The predicted molar refractivity (Wildman–Crippen MR) is 86.2 cm³/mol. The molecule has 0 radical (unpaired) electrons. The first-order valence-electron chi connectivity index (χ1n) is 6.97. The van der Waals surface area contributed by atoms with Crippen LogP contribution < -0.4 is 15.2 Å². The molecule has 2 rings (SSSR count). The molecule has 0 heterocycles. The Kier molecular flexibility index (Phi) is 5.48.